The number of rotatable bonds is 6. The molecule has 0 spiro atoms. The van der Waals surface area contributed by atoms with Gasteiger partial charge in [0, 0.05) is 16.6 Å². The van der Waals surface area contributed by atoms with Gasteiger partial charge in [0.1, 0.15) is 11.2 Å². The fourth-order valence-corrected chi connectivity index (χ4v) is 7.65. The van der Waals surface area contributed by atoms with Gasteiger partial charge in [-0.05, 0) is 97.9 Å². The zero-order chi connectivity index (χ0) is 34.4. The molecule has 0 N–H and O–H groups in total. The summed E-state index contributed by atoms with van der Waals surface area (Å²) in [6.45, 7) is 0. The normalized spacial score (nSPS) is 11.5. The molecule has 1 heterocycles. The molecule has 2 heteroatoms. The first kappa shape index (κ1) is 30.0. The van der Waals surface area contributed by atoms with Crippen LogP contribution in [0, 0.1) is 0 Å². The van der Waals surface area contributed by atoms with Gasteiger partial charge in [-0.15, -0.1) is 0 Å². The Morgan fingerprint density at radius 3 is 1.52 bits per heavy atom. The van der Waals surface area contributed by atoms with E-state index in [1.165, 1.54) is 43.8 Å². The molecular weight excluding hydrogens is 631 g/mol. The molecule has 1 aromatic heterocycles. The highest BCUT2D eigenvalue weighted by molar-refractivity contribution is 6.14. The van der Waals surface area contributed by atoms with Crippen LogP contribution in [0.2, 0.25) is 0 Å². The maximum Gasteiger partial charge on any atom is 0.137 e. The Morgan fingerprint density at radius 1 is 0.327 bits per heavy atom. The van der Waals surface area contributed by atoms with Crippen LogP contribution < -0.4 is 4.90 Å². The van der Waals surface area contributed by atoms with Crippen molar-refractivity contribution in [3.8, 4) is 33.4 Å². The molecule has 0 amide bonds. The summed E-state index contributed by atoms with van der Waals surface area (Å²) in [5.74, 6) is 0. The van der Waals surface area contributed by atoms with Crippen LogP contribution in [0.5, 0.6) is 0 Å². The number of para-hydroxylation sites is 2. The lowest BCUT2D eigenvalue weighted by Gasteiger charge is -2.28. The minimum Gasteiger partial charge on any atom is -0.456 e. The molecule has 0 unspecified atom stereocenters. The molecular formula is C50H33NO. The van der Waals surface area contributed by atoms with Crippen molar-refractivity contribution in [1.29, 1.82) is 0 Å². The quantitative estimate of drug-likeness (QED) is 0.176. The van der Waals surface area contributed by atoms with Crippen LogP contribution in [0.4, 0.5) is 17.1 Å². The van der Waals surface area contributed by atoms with Gasteiger partial charge in [-0.2, -0.15) is 0 Å². The van der Waals surface area contributed by atoms with Crippen molar-refractivity contribution < 1.29 is 4.42 Å². The monoisotopic (exact) mass is 663 g/mol. The Labute approximate surface area is 302 Å². The molecule has 0 aliphatic carbocycles. The van der Waals surface area contributed by atoms with Gasteiger partial charge >= 0.3 is 0 Å². The average molecular weight is 664 g/mol. The lowest BCUT2D eigenvalue weighted by atomic mass is 9.96. The van der Waals surface area contributed by atoms with Crippen LogP contribution >= 0.6 is 0 Å². The Kier molecular flexibility index (Phi) is 7.18. The van der Waals surface area contributed by atoms with Crippen LogP contribution in [0.15, 0.2) is 205 Å². The van der Waals surface area contributed by atoms with Gasteiger partial charge in [0.25, 0.3) is 0 Å². The van der Waals surface area contributed by atoms with Gasteiger partial charge in [0.05, 0.1) is 16.8 Å². The second kappa shape index (κ2) is 12.5. The van der Waals surface area contributed by atoms with Gasteiger partial charge in [-0.1, -0.05) is 152 Å². The summed E-state index contributed by atoms with van der Waals surface area (Å²) in [6, 6.07) is 71.8. The predicted molar refractivity (Wildman–Crippen MR) is 220 cm³/mol. The molecule has 52 heavy (non-hydrogen) atoms. The fourth-order valence-electron chi connectivity index (χ4n) is 7.65. The van der Waals surface area contributed by atoms with E-state index in [2.05, 4.69) is 193 Å². The van der Waals surface area contributed by atoms with Crippen molar-refractivity contribution in [2.24, 2.45) is 0 Å². The Hall–Kier alpha value is -6.90. The first-order chi connectivity index (χ1) is 25.8. The molecule has 244 valence electrons. The van der Waals surface area contributed by atoms with E-state index < -0.39 is 0 Å². The molecule has 0 radical (unpaired) electrons. The first-order valence-corrected chi connectivity index (χ1v) is 17.8. The molecule has 0 saturated heterocycles. The van der Waals surface area contributed by atoms with Gasteiger partial charge in [-0.3, -0.25) is 0 Å². The van der Waals surface area contributed by atoms with Crippen LogP contribution in [0.1, 0.15) is 0 Å². The van der Waals surface area contributed by atoms with E-state index in [1.807, 2.05) is 12.1 Å². The highest BCUT2D eigenvalue weighted by Crippen LogP contribution is 2.46. The number of benzene rings is 9. The summed E-state index contributed by atoms with van der Waals surface area (Å²) in [6.07, 6.45) is 0. The Bertz CT molecular complexity index is 2900. The highest BCUT2D eigenvalue weighted by atomic mass is 16.3. The minimum absolute atomic E-state index is 0.869. The molecule has 0 bridgehead atoms. The van der Waals surface area contributed by atoms with Crippen LogP contribution in [-0.2, 0) is 0 Å². The van der Waals surface area contributed by atoms with E-state index in [-0.39, 0.29) is 0 Å². The molecule has 10 rings (SSSR count). The van der Waals surface area contributed by atoms with Crippen LogP contribution in [0.3, 0.4) is 0 Å². The topological polar surface area (TPSA) is 16.4 Å². The minimum atomic E-state index is 0.869. The van der Waals surface area contributed by atoms with E-state index >= 15 is 0 Å². The van der Waals surface area contributed by atoms with E-state index in [9.17, 15) is 0 Å². The Balaban J connectivity index is 1.11. The lowest BCUT2D eigenvalue weighted by molar-refractivity contribution is 0.669. The summed E-state index contributed by atoms with van der Waals surface area (Å²) in [4.78, 5) is 2.39. The van der Waals surface area contributed by atoms with Crippen LogP contribution in [0.25, 0.3) is 76.9 Å². The molecule has 0 aliphatic heterocycles. The van der Waals surface area contributed by atoms with E-state index in [1.54, 1.807) is 0 Å². The summed E-state index contributed by atoms with van der Waals surface area (Å²) >= 11 is 0. The van der Waals surface area contributed by atoms with Gasteiger partial charge in [0.2, 0.25) is 0 Å². The second-order valence-electron chi connectivity index (χ2n) is 13.3. The maximum atomic E-state index is 6.40. The maximum absolute atomic E-state index is 6.40. The van der Waals surface area contributed by atoms with E-state index in [4.69, 9.17) is 4.42 Å². The van der Waals surface area contributed by atoms with Crippen molar-refractivity contribution in [3.05, 3.63) is 200 Å². The summed E-state index contributed by atoms with van der Waals surface area (Å²) in [5.41, 5.74) is 12.1. The largest absolute Gasteiger partial charge is 0.456 e. The standard InChI is InChI=1S/C50H33NO/c1-3-12-39-32-41(26-22-34(39)10-1)36-20-24-38(25-21-36)44-14-5-7-16-46(44)51(47-17-9-19-49-50(47)45-15-6-8-18-48(45)52-49)43-30-28-37(29-31-43)42-27-23-35-11-2-4-13-40(35)33-42/h1-33H. The third-order valence-corrected chi connectivity index (χ3v) is 10.3. The number of furan rings is 1. The van der Waals surface area contributed by atoms with Crippen molar-refractivity contribution in [1.82, 2.24) is 0 Å². The van der Waals surface area contributed by atoms with Crippen molar-refractivity contribution >= 4 is 60.5 Å². The zero-order valence-electron chi connectivity index (χ0n) is 28.4. The van der Waals surface area contributed by atoms with Crippen LogP contribution in [-0.4, -0.2) is 0 Å². The SMILES string of the molecule is c1ccc(N(c2ccc(-c3ccc4ccccc4c3)cc2)c2cccc3oc4ccccc4c23)c(-c2ccc(-c3ccc4ccccc4c3)cc2)c1. The summed E-state index contributed by atoms with van der Waals surface area (Å²) in [7, 11) is 0. The average Bonchev–Trinajstić information content (AvgIpc) is 3.61. The number of hydrogen-bond acceptors (Lipinski definition) is 2. The second-order valence-corrected chi connectivity index (χ2v) is 13.3. The van der Waals surface area contributed by atoms with Crippen molar-refractivity contribution in [2.45, 2.75) is 0 Å². The van der Waals surface area contributed by atoms with E-state index in [0.717, 1.165) is 50.1 Å². The van der Waals surface area contributed by atoms with Gasteiger partial charge in [-0.25, -0.2) is 0 Å². The third-order valence-electron chi connectivity index (χ3n) is 10.3. The van der Waals surface area contributed by atoms with Gasteiger partial charge < -0.3 is 9.32 Å². The highest BCUT2D eigenvalue weighted by Gasteiger charge is 2.22. The Morgan fingerprint density at radius 2 is 0.827 bits per heavy atom. The third kappa shape index (κ3) is 5.21. The number of fused-ring (bicyclic) bond motifs is 5. The number of nitrogens with zero attached hydrogens (tertiary/aromatic N) is 1. The fraction of sp³-hybridized carbons (Fsp3) is 0. The molecule has 9 aromatic carbocycles. The lowest BCUT2D eigenvalue weighted by Crippen LogP contribution is -2.11. The molecule has 0 saturated carbocycles. The molecule has 0 atom stereocenters. The van der Waals surface area contributed by atoms with E-state index in [0.29, 0.717) is 0 Å². The summed E-state index contributed by atoms with van der Waals surface area (Å²) < 4.78 is 6.40. The molecule has 0 aliphatic rings. The molecule has 10 aromatic rings. The van der Waals surface area contributed by atoms with Crippen molar-refractivity contribution in [2.75, 3.05) is 4.90 Å². The number of hydrogen-bond donors (Lipinski definition) is 0. The van der Waals surface area contributed by atoms with Gasteiger partial charge in [0.15, 0.2) is 0 Å². The number of anilines is 3. The zero-order valence-corrected chi connectivity index (χ0v) is 28.4. The first-order valence-electron chi connectivity index (χ1n) is 17.8. The smallest absolute Gasteiger partial charge is 0.137 e. The predicted octanol–water partition coefficient (Wildman–Crippen LogP) is 14.4. The molecule has 2 nitrogen and oxygen atoms in total. The summed E-state index contributed by atoms with van der Waals surface area (Å²) in [5, 5.41) is 7.18. The van der Waals surface area contributed by atoms with Crippen molar-refractivity contribution in [3.63, 3.8) is 0 Å². The molecule has 0 fully saturated rings.